The summed E-state index contributed by atoms with van der Waals surface area (Å²) in [5.41, 5.74) is 0. The van der Waals surface area contributed by atoms with Crippen molar-refractivity contribution in [2.24, 2.45) is 11.8 Å². The van der Waals surface area contributed by atoms with Crippen LogP contribution in [0.1, 0.15) is 41.5 Å². The van der Waals surface area contributed by atoms with Crippen LogP contribution in [-0.2, 0) is 26.7 Å². The van der Waals surface area contributed by atoms with Crippen LogP contribution < -0.4 is 0 Å². The molecule has 0 fully saturated rings. The molecule has 0 amide bonds. The van der Waals surface area contributed by atoms with Crippen molar-refractivity contribution in [3.05, 3.63) is 0 Å². The van der Waals surface area contributed by atoms with Gasteiger partial charge in [0, 0.05) is 44.8 Å². The van der Waals surface area contributed by atoms with E-state index in [4.69, 9.17) is 19.2 Å². The van der Waals surface area contributed by atoms with E-state index < -0.39 is 11.8 Å². The third-order valence-corrected chi connectivity index (χ3v) is 2.48. The molecule has 0 aliphatic carbocycles. The first kappa shape index (κ1) is 24.6. The third-order valence-electron chi connectivity index (χ3n) is 2.48. The molecule has 0 unspecified atom stereocenters. The molecule has 1 radical (unpaired) electrons. The van der Waals surface area contributed by atoms with Crippen molar-refractivity contribution in [1.29, 1.82) is 0 Å². The average Bonchev–Trinajstić information content (AvgIpc) is 2.12. The number of carbonyl (C=O) groups is 2. The molecule has 0 aromatic rings. The molecule has 0 aromatic carbocycles. The molecule has 0 atom stereocenters. The van der Waals surface area contributed by atoms with Crippen LogP contribution in [0.25, 0.3) is 0 Å². The van der Waals surface area contributed by atoms with Crippen molar-refractivity contribution in [3.8, 4) is 0 Å². The van der Waals surface area contributed by atoms with Crippen molar-refractivity contribution in [2.45, 2.75) is 41.5 Å². The summed E-state index contributed by atoms with van der Waals surface area (Å²) >= 11 is 0. The SMILES string of the molecule is CC(=O)C(C(C)=[OH+])C(C)=[OH+].CC(=O)C(C(C)=[OH+])C(C)=[OH+].[Cu]. The Hall–Kier alpha value is -1.46. The molecule has 21 heavy (non-hydrogen) atoms. The Kier molecular flexibility index (Phi) is 13.1. The third kappa shape index (κ3) is 9.98. The minimum absolute atomic E-state index is 0. The number of hydrogen-bond acceptors (Lipinski definition) is 2. The first-order valence-corrected chi connectivity index (χ1v) is 6.03. The molecular weight excluding hydrogens is 328 g/mol. The molecule has 0 saturated carbocycles. The Morgan fingerprint density at radius 2 is 0.714 bits per heavy atom. The molecular formula is C14H24CuO6+4. The van der Waals surface area contributed by atoms with Gasteiger partial charge in [-0.05, 0) is 13.8 Å². The average molecular weight is 352 g/mol. The summed E-state index contributed by atoms with van der Waals surface area (Å²) in [6.45, 7) is 8.23. The van der Waals surface area contributed by atoms with Gasteiger partial charge < -0.3 is 0 Å². The molecule has 0 aromatic heterocycles. The quantitative estimate of drug-likeness (QED) is 0.396. The summed E-state index contributed by atoms with van der Waals surface area (Å²) in [5, 5.41) is 0. The Labute approximate surface area is 134 Å². The molecule has 0 heterocycles. The maximum Gasteiger partial charge on any atom is 0.313 e. The summed E-state index contributed by atoms with van der Waals surface area (Å²) in [6.07, 6.45) is 0. The van der Waals surface area contributed by atoms with Gasteiger partial charge in [0.2, 0.25) is 11.8 Å². The van der Waals surface area contributed by atoms with Crippen LogP contribution in [0.4, 0.5) is 0 Å². The van der Waals surface area contributed by atoms with Gasteiger partial charge in [0.15, 0.2) is 11.6 Å². The van der Waals surface area contributed by atoms with Crippen LogP contribution >= 0.6 is 0 Å². The van der Waals surface area contributed by atoms with E-state index in [1.165, 1.54) is 41.5 Å². The van der Waals surface area contributed by atoms with Crippen LogP contribution in [0, 0.1) is 11.8 Å². The normalized spacial score (nSPS) is 11.7. The Morgan fingerprint density at radius 3 is 0.714 bits per heavy atom. The molecule has 0 spiro atoms. The molecule has 0 aliphatic rings. The van der Waals surface area contributed by atoms with Gasteiger partial charge in [0.1, 0.15) is 0 Å². The fourth-order valence-electron chi connectivity index (χ4n) is 1.78. The van der Waals surface area contributed by atoms with Gasteiger partial charge >= 0.3 is 23.1 Å². The minimum Gasteiger partial charge on any atom is -0.298 e. The second-order valence-corrected chi connectivity index (χ2v) is 4.65. The summed E-state index contributed by atoms with van der Waals surface area (Å²) < 4.78 is 0. The van der Waals surface area contributed by atoms with E-state index in [9.17, 15) is 9.59 Å². The van der Waals surface area contributed by atoms with Gasteiger partial charge in [-0.15, -0.1) is 0 Å². The van der Waals surface area contributed by atoms with Crippen LogP contribution in [0.2, 0.25) is 0 Å². The molecule has 4 N–H and O–H groups in total. The van der Waals surface area contributed by atoms with Crippen molar-refractivity contribution in [3.63, 3.8) is 0 Å². The fourth-order valence-corrected chi connectivity index (χ4v) is 1.78. The smallest absolute Gasteiger partial charge is 0.298 e. The van der Waals surface area contributed by atoms with E-state index in [0.29, 0.717) is 0 Å². The Morgan fingerprint density at radius 1 is 0.571 bits per heavy atom. The van der Waals surface area contributed by atoms with Crippen molar-refractivity contribution < 1.29 is 45.8 Å². The fraction of sp³-hybridized carbons (Fsp3) is 0.571. The first-order valence-electron chi connectivity index (χ1n) is 6.03. The summed E-state index contributed by atoms with van der Waals surface area (Å²) in [5.74, 6) is -2.36. The summed E-state index contributed by atoms with van der Waals surface area (Å²) in [7, 11) is 0. The number of hydrogen-bond donors (Lipinski definition) is 0. The van der Waals surface area contributed by atoms with Crippen LogP contribution in [0.3, 0.4) is 0 Å². The summed E-state index contributed by atoms with van der Waals surface area (Å²) in [6, 6.07) is 0. The zero-order chi connectivity index (χ0) is 16.6. The summed E-state index contributed by atoms with van der Waals surface area (Å²) in [4.78, 5) is 56.8. The van der Waals surface area contributed by atoms with E-state index in [0.717, 1.165) is 0 Å². The minimum atomic E-state index is -0.806. The Bertz CT molecular complexity index is 344. The maximum atomic E-state index is 10.7. The second-order valence-electron chi connectivity index (χ2n) is 4.65. The van der Waals surface area contributed by atoms with E-state index in [-0.39, 0.29) is 51.8 Å². The first-order chi connectivity index (χ1) is 8.93. The Balaban J connectivity index is -0.000000295. The van der Waals surface area contributed by atoms with Crippen molar-refractivity contribution >= 4 is 34.7 Å². The molecule has 123 valence electrons. The standard InChI is InChI=1S/2C7H10O3.Cu/c2*1-4(8)7(5(2)9)6(3)10;/h2*7H,1-3H3;/p+4. The topological polar surface area (TPSA) is 120 Å². The molecule has 0 aliphatic heterocycles. The molecule has 0 saturated heterocycles. The maximum absolute atomic E-state index is 10.7. The molecule has 6 nitrogen and oxygen atoms in total. The number of rotatable bonds is 6. The van der Waals surface area contributed by atoms with Crippen LogP contribution in [0.5, 0.6) is 0 Å². The van der Waals surface area contributed by atoms with E-state index in [1.54, 1.807) is 0 Å². The van der Waals surface area contributed by atoms with Crippen LogP contribution in [-0.4, -0.2) is 53.9 Å². The monoisotopic (exact) mass is 351 g/mol. The van der Waals surface area contributed by atoms with Gasteiger partial charge in [0.05, 0.1) is 0 Å². The van der Waals surface area contributed by atoms with Gasteiger partial charge in [0.25, 0.3) is 0 Å². The van der Waals surface area contributed by atoms with Crippen molar-refractivity contribution in [2.75, 3.05) is 0 Å². The van der Waals surface area contributed by atoms with E-state index in [2.05, 4.69) is 0 Å². The second kappa shape index (κ2) is 11.2. The van der Waals surface area contributed by atoms with Gasteiger partial charge in [-0.3, -0.25) is 28.8 Å². The van der Waals surface area contributed by atoms with E-state index >= 15 is 0 Å². The number of Topliss-reactive ketones (excluding diaryl/α,β-unsaturated/α-hetero) is 2. The number of carbonyl (C=O) groups excluding carboxylic acids is 6. The zero-order valence-electron chi connectivity index (χ0n) is 13.1. The van der Waals surface area contributed by atoms with Crippen LogP contribution in [0.15, 0.2) is 0 Å². The van der Waals surface area contributed by atoms with Crippen molar-refractivity contribution in [1.82, 2.24) is 0 Å². The van der Waals surface area contributed by atoms with E-state index in [1.807, 2.05) is 0 Å². The zero-order valence-corrected chi connectivity index (χ0v) is 14.0. The number of ketones is 6. The predicted octanol–water partition coefficient (Wildman–Crippen LogP) is 0.640. The predicted molar refractivity (Wildman–Crippen MR) is 78.8 cm³/mol. The molecule has 7 heteroatoms. The van der Waals surface area contributed by atoms with Gasteiger partial charge in [-0.1, -0.05) is 0 Å². The largest absolute Gasteiger partial charge is 0.313 e. The van der Waals surface area contributed by atoms with Gasteiger partial charge in [-0.2, -0.15) is 0 Å². The molecule has 0 bridgehead atoms. The molecule has 0 rings (SSSR count). The van der Waals surface area contributed by atoms with Gasteiger partial charge in [-0.25, -0.2) is 0 Å².